The fourth-order valence-electron chi connectivity index (χ4n) is 3.25. The normalized spacial score (nSPS) is 23.2. The molecule has 1 aromatic rings. The second-order valence-electron chi connectivity index (χ2n) is 6.00. The lowest BCUT2D eigenvalue weighted by molar-refractivity contribution is 0.233. The van der Waals surface area contributed by atoms with Crippen LogP contribution in [0.2, 0.25) is 0 Å². The third-order valence-electron chi connectivity index (χ3n) is 4.00. The minimum absolute atomic E-state index is 0.171. The average molecular weight is 313 g/mol. The van der Waals surface area contributed by atoms with Crippen molar-refractivity contribution in [2.24, 2.45) is 5.92 Å². The van der Waals surface area contributed by atoms with Crippen molar-refractivity contribution in [3.8, 4) is 5.75 Å². The van der Waals surface area contributed by atoms with E-state index in [1.165, 1.54) is 19.3 Å². The first-order chi connectivity index (χ1) is 9.85. The third kappa shape index (κ3) is 4.98. The molecule has 1 fully saturated rings. The van der Waals surface area contributed by atoms with Gasteiger partial charge in [0.2, 0.25) is 0 Å². The van der Waals surface area contributed by atoms with Gasteiger partial charge in [-0.25, -0.2) is 0 Å². The summed E-state index contributed by atoms with van der Waals surface area (Å²) in [4.78, 5) is 2.20. The Bertz CT molecular complexity index is 571. The molecular formula is C15H23NO4S. The Balaban J connectivity index is 2.20. The van der Waals surface area contributed by atoms with Crippen molar-refractivity contribution in [2.45, 2.75) is 31.6 Å². The molecule has 2 rings (SSSR count). The Morgan fingerprint density at radius 3 is 2.67 bits per heavy atom. The molecular weight excluding hydrogens is 290 g/mol. The van der Waals surface area contributed by atoms with E-state index < -0.39 is 10.4 Å². The Morgan fingerprint density at radius 2 is 2.00 bits per heavy atom. The highest BCUT2D eigenvalue weighted by Gasteiger charge is 2.27. The van der Waals surface area contributed by atoms with Crippen LogP contribution in [0.3, 0.4) is 0 Å². The third-order valence-corrected chi connectivity index (χ3v) is 4.40. The number of hydrogen-bond donors (Lipinski definition) is 1. The first-order valence-electron chi connectivity index (χ1n) is 7.27. The van der Waals surface area contributed by atoms with Crippen molar-refractivity contribution in [3.05, 3.63) is 29.8 Å². The van der Waals surface area contributed by atoms with E-state index in [1.807, 2.05) is 6.07 Å². The van der Waals surface area contributed by atoms with Crippen LogP contribution in [-0.4, -0.2) is 38.5 Å². The van der Waals surface area contributed by atoms with Crippen LogP contribution in [0, 0.1) is 5.92 Å². The van der Waals surface area contributed by atoms with Crippen LogP contribution in [0.25, 0.3) is 0 Å². The molecule has 6 heteroatoms. The van der Waals surface area contributed by atoms with Gasteiger partial charge in [0, 0.05) is 6.54 Å². The maximum atomic E-state index is 10.8. The van der Waals surface area contributed by atoms with E-state index >= 15 is 0 Å². The summed E-state index contributed by atoms with van der Waals surface area (Å²) in [5.74, 6) is 1.14. The van der Waals surface area contributed by atoms with E-state index in [-0.39, 0.29) is 5.75 Å². The molecule has 1 saturated carbocycles. The maximum absolute atomic E-state index is 10.8. The number of rotatable bonds is 5. The lowest BCUT2D eigenvalue weighted by Crippen LogP contribution is -2.28. The number of nitrogens with zero attached hydrogens (tertiary/aromatic N) is 1. The van der Waals surface area contributed by atoms with Crippen molar-refractivity contribution < 1.29 is 17.2 Å². The summed E-state index contributed by atoms with van der Waals surface area (Å²) < 4.78 is 35.0. The van der Waals surface area contributed by atoms with Gasteiger partial charge in [-0.3, -0.25) is 4.55 Å². The maximum Gasteiger partial charge on any atom is 0.446 e. The smallest absolute Gasteiger partial charge is 0.362 e. The molecule has 1 aliphatic carbocycles. The van der Waals surface area contributed by atoms with Crippen molar-refractivity contribution in [1.29, 1.82) is 0 Å². The molecule has 1 aromatic carbocycles. The van der Waals surface area contributed by atoms with Crippen molar-refractivity contribution >= 4 is 10.4 Å². The van der Waals surface area contributed by atoms with E-state index in [4.69, 9.17) is 4.55 Å². The van der Waals surface area contributed by atoms with E-state index in [0.29, 0.717) is 11.8 Å². The van der Waals surface area contributed by atoms with Gasteiger partial charge in [0.05, 0.1) is 0 Å². The average Bonchev–Trinajstić information content (AvgIpc) is 2.37. The predicted octanol–water partition coefficient (Wildman–Crippen LogP) is 2.70. The van der Waals surface area contributed by atoms with Crippen LogP contribution >= 0.6 is 0 Å². The predicted molar refractivity (Wildman–Crippen MR) is 81.9 cm³/mol. The zero-order valence-electron chi connectivity index (χ0n) is 12.5. The van der Waals surface area contributed by atoms with Gasteiger partial charge >= 0.3 is 10.4 Å². The molecule has 0 spiro atoms. The number of benzene rings is 1. The molecule has 0 radical (unpaired) electrons. The highest BCUT2D eigenvalue weighted by molar-refractivity contribution is 7.81. The molecule has 0 bridgehead atoms. The summed E-state index contributed by atoms with van der Waals surface area (Å²) in [6, 6.07) is 7.06. The molecule has 0 heterocycles. The van der Waals surface area contributed by atoms with Gasteiger partial charge in [0.15, 0.2) is 0 Å². The van der Waals surface area contributed by atoms with Gasteiger partial charge in [0.25, 0.3) is 0 Å². The van der Waals surface area contributed by atoms with Crippen LogP contribution in [-0.2, 0) is 10.4 Å². The summed E-state index contributed by atoms with van der Waals surface area (Å²) in [7, 11) is -0.320. The van der Waals surface area contributed by atoms with Crippen LogP contribution < -0.4 is 4.18 Å². The van der Waals surface area contributed by atoms with E-state index in [1.54, 1.807) is 18.2 Å². The first kappa shape index (κ1) is 16.3. The fourth-order valence-corrected chi connectivity index (χ4v) is 3.60. The van der Waals surface area contributed by atoms with Crippen LogP contribution in [0.5, 0.6) is 5.75 Å². The second kappa shape index (κ2) is 6.77. The lowest BCUT2D eigenvalue weighted by Gasteiger charge is -2.33. The molecule has 0 aliphatic heterocycles. The van der Waals surface area contributed by atoms with Gasteiger partial charge in [0.1, 0.15) is 5.75 Å². The van der Waals surface area contributed by atoms with E-state index in [9.17, 15) is 8.42 Å². The lowest BCUT2D eigenvalue weighted by atomic mass is 9.75. The summed E-state index contributed by atoms with van der Waals surface area (Å²) in [5.41, 5.74) is 1.09. The quantitative estimate of drug-likeness (QED) is 0.847. The molecule has 0 saturated heterocycles. The topological polar surface area (TPSA) is 66.8 Å². The second-order valence-corrected chi connectivity index (χ2v) is 7.02. The Hall–Kier alpha value is -1.11. The molecule has 0 amide bonds. The zero-order valence-corrected chi connectivity index (χ0v) is 13.3. The highest BCUT2D eigenvalue weighted by Crippen LogP contribution is 2.39. The molecule has 0 aromatic heterocycles. The minimum atomic E-state index is -4.47. The minimum Gasteiger partial charge on any atom is -0.362 e. The molecule has 21 heavy (non-hydrogen) atoms. The summed E-state index contributed by atoms with van der Waals surface area (Å²) in [6.07, 6.45) is 4.73. The van der Waals surface area contributed by atoms with E-state index in [0.717, 1.165) is 18.5 Å². The van der Waals surface area contributed by atoms with E-state index in [2.05, 4.69) is 23.2 Å². The first-order valence-corrected chi connectivity index (χ1v) is 8.63. The zero-order chi connectivity index (χ0) is 15.5. The van der Waals surface area contributed by atoms with Crippen molar-refractivity contribution in [2.75, 3.05) is 20.6 Å². The standard InChI is InChI=1S/C15H23NO4S/c1-16(2)11-13-6-3-4-9-15(13)12-7-5-8-14(10-12)20-21(17,18)19/h5,7-8,10,13,15H,3-4,6,9,11H2,1-2H3,(H,17,18,19)/t13-,15-/m0/s1. The summed E-state index contributed by atoms with van der Waals surface area (Å²) in [5, 5.41) is 0. The summed E-state index contributed by atoms with van der Waals surface area (Å²) in [6.45, 7) is 1.02. The Morgan fingerprint density at radius 1 is 1.29 bits per heavy atom. The highest BCUT2D eigenvalue weighted by atomic mass is 32.3. The molecule has 118 valence electrons. The van der Waals surface area contributed by atoms with Crippen LogP contribution in [0.1, 0.15) is 37.2 Å². The van der Waals surface area contributed by atoms with Gasteiger partial charge in [-0.2, -0.15) is 8.42 Å². The fraction of sp³-hybridized carbons (Fsp3) is 0.600. The van der Waals surface area contributed by atoms with Crippen LogP contribution in [0.15, 0.2) is 24.3 Å². The van der Waals surface area contributed by atoms with Crippen molar-refractivity contribution in [3.63, 3.8) is 0 Å². The van der Waals surface area contributed by atoms with Gasteiger partial charge in [-0.1, -0.05) is 25.0 Å². The van der Waals surface area contributed by atoms with Gasteiger partial charge in [-0.15, -0.1) is 0 Å². The number of hydrogen-bond acceptors (Lipinski definition) is 4. The summed E-state index contributed by atoms with van der Waals surface area (Å²) >= 11 is 0. The molecule has 1 aliphatic rings. The largest absolute Gasteiger partial charge is 0.446 e. The SMILES string of the molecule is CN(C)C[C@@H]1CCCC[C@H]1c1cccc(OS(=O)(=O)O)c1. The molecule has 1 N–H and O–H groups in total. The Kier molecular flexibility index (Phi) is 5.24. The molecule has 5 nitrogen and oxygen atoms in total. The monoisotopic (exact) mass is 313 g/mol. The molecule has 0 unspecified atom stereocenters. The van der Waals surface area contributed by atoms with Crippen LogP contribution in [0.4, 0.5) is 0 Å². The van der Waals surface area contributed by atoms with Gasteiger partial charge in [-0.05, 0) is 56.5 Å². The Labute approximate surface area is 126 Å². The van der Waals surface area contributed by atoms with Gasteiger partial charge < -0.3 is 9.08 Å². The van der Waals surface area contributed by atoms with Crippen molar-refractivity contribution in [1.82, 2.24) is 4.90 Å². The molecule has 2 atom stereocenters.